The largest absolute Gasteiger partial charge is 0.391 e. The van der Waals surface area contributed by atoms with Gasteiger partial charge in [0.05, 0.1) is 35.2 Å². The van der Waals surface area contributed by atoms with Gasteiger partial charge in [-0.2, -0.15) is 15.3 Å². The van der Waals surface area contributed by atoms with Crippen molar-refractivity contribution in [3.05, 3.63) is 53.6 Å². The van der Waals surface area contributed by atoms with Crippen LogP contribution in [0.1, 0.15) is 62.4 Å². The number of aromatic nitrogens is 7. The van der Waals surface area contributed by atoms with Gasteiger partial charge in [-0.25, -0.2) is 9.67 Å². The predicted octanol–water partition coefficient (Wildman–Crippen LogP) is 5.17. The van der Waals surface area contributed by atoms with Gasteiger partial charge in [-0.15, -0.1) is 0 Å². The second-order valence-electron chi connectivity index (χ2n) is 12.7. The summed E-state index contributed by atoms with van der Waals surface area (Å²) in [4.78, 5) is 18.8. The van der Waals surface area contributed by atoms with E-state index in [1.54, 1.807) is 9.58 Å². The molecule has 4 aromatic heterocycles. The average Bonchev–Trinajstić information content (AvgIpc) is 3.65. The number of benzene rings is 1. The molecule has 4 heterocycles. The SMILES string of the molecule is Cc1nc2nn(C)cc2cc1-n1nc(-c2cccc3nn(CC(O)C4CCC(C(=O)N(C)C)CC4)cc23)c(C(C)C)c1C. The van der Waals surface area contributed by atoms with Gasteiger partial charge in [-0.05, 0) is 63.5 Å². The zero-order valence-electron chi connectivity index (χ0n) is 26.2. The molecule has 1 aliphatic rings. The van der Waals surface area contributed by atoms with E-state index in [4.69, 9.17) is 15.2 Å². The Balaban J connectivity index is 1.31. The highest BCUT2D eigenvalue weighted by atomic mass is 16.3. The lowest BCUT2D eigenvalue weighted by molar-refractivity contribution is -0.134. The number of pyridine rings is 1. The predicted molar refractivity (Wildman–Crippen MR) is 168 cm³/mol. The Morgan fingerprint density at radius 3 is 2.51 bits per heavy atom. The van der Waals surface area contributed by atoms with Gasteiger partial charge in [0.15, 0.2) is 5.65 Å². The van der Waals surface area contributed by atoms with Gasteiger partial charge in [0.25, 0.3) is 0 Å². The van der Waals surface area contributed by atoms with Crippen molar-refractivity contribution in [3.8, 4) is 16.9 Å². The average molecular weight is 583 g/mol. The fraction of sp³-hybridized carbons (Fsp3) is 0.485. The standard InChI is InChI=1S/C33H42N8O2/c1-19(2)30-21(4)41(28-15-24-16-39(7)37-32(24)34-20(28)3)36-31(30)25-9-8-10-27-26(25)17-40(35-27)18-29(42)22-11-13-23(14-12-22)33(43)38(5)6/h8-10,15-17,19,22-23,29,42H,11-14,18H2,1-7H3. The van der Waals surface area contributed by atoms with E-state index in [0.717, 1.165) is 76.0 Å². The van der Waals surface area contributed by atoms with Crippen LogP contribution in [-0.2, 0) is 18.4 Å². The highest BCUT2D eigenvalue weighted by Crippen LogP contribution is 2.37. The lowest BCUT2D eigenvalue weighted by atomic mass is 9.79. The first kappa shape index (κ1) is 29.0. The third kappa shape index (κ3) is 5.33. The topological polar surface area (TPSA) is 107 Å². The van der Waals surface area contributed by atoms with Crippen LogP contribution in [0.15, 0.2) is 36.7 Å². The second-order valence-corrected chi connectivity index (χ2v) is 12.7. The Kier molecular flexibility index (Phi) is 7.58. The molecule has 0 aliphatic heterocycles. The van der Waals surface area contributed by atoms with Crippen molar-refractivity contribution < 1.29 is 9.90 Å². The number of nitrogens with zero attached hydrogens (tertiary/aromatic N) is 8. The number of hydrogen-bond donors (Lipinski definition) is 1. The summed E-state index contributed by atoms with van der Waals surface area (Å²) in [6.07, 6.45) is 6.86. The molecule has 1 N–H and O–H groups in total. The van der Waals surface area contributed by atoms with Gasteiger partial charge in [-0.3, -0.25) is 14.2 Å². The number of amides is 1. The highest BCUT2D eigenvalue weighted by Gasteiger charge is 2.31. The van der Waals surface area contributed by atoms with Crippen molar-refractivity contribution in [2.75, 3.05) is 14.1 Å². The van der Waals surface area contributed by atoms with E-state index in [1.165, 1.54) is 5.56 Å². The minimum Gasteiger partial charge on any atom is -0.391 e. The maximum Gasteiger partial charge on any atom is 0.225 e. The van der Waals surface area contributed by atoms with Crippen LogP contribution in [0.3, 0.4) is 0 Å². The molecule has 1 unspecified atom stereocenters. The summed E-state index contributed by atoms with van der Waals surface area (Å²) < 4.78 is 5.68. The van der Waals surface area contributed by atoms with E-state index in [-0.39, 0.29) is 23.7 Å². The molecule has 1 aromatic carbocycles. The molecule has 1 atom stereocenters. The Bertz CT molecular complexity index is 1800. The first-order valence-electron chi connectivity index (χ1n) is 15.3. The summed E-state index contributed by atoms with van der Waals surface area (Å²) in [5.74, 6) is 0.678. The Hall–Kier alpha value is -4.05. The first-order chi connectivity index (χ1) is 20.5. The van der Waals surface area contributed by atoms with E-state index in [2.05, 4.69) is 38.0 Å². The molecule has 0 radical (unpaired) electrons. The fourth-order valence-electron chi connectivity index (χ4n) is 6.85. The van der Waals surface area contributed by atoms with E-state index in [0.29, 0.717) is 6.54 Å². The molecular formula is C33H42N8O2. The number of aryl methyl sites for hydroxylation is 2. The maximum atomic E-state index is 12.4. The zero-order chi connectivity index (χ0) is 30.6. The summed E-state index contributed by atoms with van der Waals surface area (Å²) in [5, 5.41) is 27.7. The number of fused-ring (bicyclic) bond motifs is 2. The van der Waals surface area contributed by atoms with Crippen molar-refractivity contribution in [2.24, 2.45) is 18.9 Å². The molecule has 10 nitrogen and oxygen atoms in total. The number of aliphatic hydroxyl groups excluding tert-OH is 1. The molecule has 1 saturated carbocycles. The fourth-order valence-corrected chi connectivity index (χ4v) is 6.85. The smallest absolute Gasteiger partial charge is 0.225 e. The van der Waals surface area contributed by atoms with E-state index >= 15 is 0 Å². The van der Waals surface area contributed by atoms with Crippen molar-refractivity contribution >= 4 is 27.8 Å². The molecular weight excluding hydrogens is 540 g/mol. The molecule has 5 aromatic rings. The molecule has 0 bridgehead atoms. The van der Waals surface area contributed by atoms with Gasteiger partial charge >= 0.3 is 0 Å². The first-order valence-corrected chi connectivity index (χ1v) is 15.3. The molecule has 1 aliphatic carbocycles. The number of rotatable bonds is 7. The Morgan fingerprint density at radius 2 is 1.81 bits per heavy atom. The third-order valence-corrected chi connectivity index (χ3v) is 9.07. The number of hydrogen-bond acceptors (Lipinski definition) is 6. The van der Waals surface area contributed by atoms with E-state index in [9.17, 15) is 9.90 Å². The van der Waals surface area contributed by atoms with Crippen LogP contribution in [0.5, 0.6) is 0 Å². The third-order valence-electron chi connectivity index (χ3n) is 9.07. The number of carbonyl (C=O) groups is 1. The lowest BCUT2D eigenvalue weighted by Gasteiger charge is -2.31. The van der Waals surface area contributed by atoms with Crippen LogP contribution in [0, 0.1) is 25.7 Å². The van der Waals surface area contributed by atoms with Gasteiger partial charge in [-0.1, -0.05) is 26.0 Å². The summed E-state index contributed by atoms with van der Waals surface area (Å²) in [7, 11) is 5.54. The Labute approximate surface area is 252 Å². The van der Waals surface area contributed by atoms with E-state index < -0.39 is 6.10 Å². The van der Waals surface area contributed by atoms with Gasteiger partial charge in [0, 0.05) is 67.0 Å². The van der Waals surface area contributed by atoms with Gasteiger partial charge in [0.2, 0.25) is 5.91 Å². The molecule has 10 heteroatoms. The molecule has 0 saturated heterocycles. The Morgan fingerprint density at radius 1 is 1.07 bits per heavy atom. The van der Waals surface area contributed by atoms with Crippen LogP contribution in [0.25, 0.3) is 38.9 Å². The number of aliphatic hydroxyl groups is 1. The lowest BCUT2D eigenvalue weighted by Crippen LogP contribution is -2.35. The molecule has 0 spiro atoms. The maximum absolute atomic E-state index is 12.4. The zero-order valence-corrected chi connectivity index (χ0v) is 26.2. The van der Waals surface area contributed by atoms with Crippen molar-refractivity contribution in [3.63, 3.8) is 0 Å². The summed E-state index contributed by atoms with van der Waals surface area (Å²) in [5.41, 5.74) is 7.66. The quantitative estimate of drug-likeness (QED) is 0.284. The van der Waals surface area contributed by atoms with Crippen molar-refractivity contribution in [1.82, 2.24) is 39.2 Å². The van der Waals surface area contributed by atoms with Crippen LogP contribution in [-0.4, -0.2) is 70.4 Å². The second kappa shape index (κ2) is 11.2. The van der Waals surface area contributed by atoms with Gasteiger partial charge < -0.3 is 10.0 Å². The van der Waals surface area contributed by atoms with Gasteiger partial charge in [0.1, 0.15) is 0 Å². The molecule has 1 fully saturated rings. The molecule has 226 valence electrons. The highest BCUT2D eigenvalue weighted by molar-refractivity contribution is 5.94. The molecule has 6 rings (SSSR count). The van der Waals surface area contributed by atoms with Crippen LogP contribution < -0.4 is 0 Å². The van der Waals surface area contributed by atoms with E-state index in [1.807, 2.05) is 62.0 Å². The number of carbonyl (C=O) groups excluding carboxylic acids is 1. The minimum absolute atomic E-state index is 0.0672. The minimum atomic E-state index is -0.515. The van der Waals surface area contributed by atoms with Crippen LogP contribution in [0.2, 0.25) is 0 Å². The van der Waals surface area contributed by atoms with Crippen LogP contribution in [0.4, 0.5) is 0 Å². The van der Waals surface area contributed by atoms with Crippen molar-refractivity contribution in [1.29, 1.82) is 0 Å². The summed E-state index contributed by atoms with van der Waals surface area (Å²) in [6, 6.07) is 8.27. The van der Waals surface area contributed by atoms with Crippen LogP contribution >= 0.6 is 0 Å². The molecule has 1 amide bonds. The summed E-state index contributed by atoms with van der Waals surface area (Å²) >= 11 is 0. The normalized spacial score (nSPS) is 18.2. The molecule has 43 heavy (non-hydrogen) atoms. The van der Waals surface area contributed by atoms with Crippen molar-refractivity contribution in [2.45, 2.75) is 71.9 Å². The monoisotopic (exact) mass is 582 g/mol. The summed E-state index contributed by atoms with van der Waals surface area (Å²) in [6.45, 7) is 8.95.